The molecule has 1 aliphatic rings. The number of urea groups is 1. The molecule has 2 rings (SSSR count). The van der Waals surface area contributed by atoms with Gasteiger partial charge < -0.3 is 15.8 Å². The average Bonchev–Trinajstić information content (AvgIpc) is 2.89. The first-order valence-electron chi connectivity index (χ1n) is 6.08. The van der Waals surface area contributed by atoms with Crippen LogP contribution in [0.1, 0.15) is 12.0 Å². The molecule has 1 saturated heterocycles. The summed E-state index contributed by atoms with van der Waals surface area (Å²) in [5.41, 5.74) is 6.07. The lowest BCUT2D eigenvalue weighted by Gasteiger charge is -2.11. The maximum absolute atomic E-state index is 11.7. The molecule has 6 nitrogen and oxygen atoms in total. The summed E-state index contributed by atoms with van der Waals surface area (Å²) in [5.74, 6) is 6.09. The first-order chi connectivity index (χ1) is 9.28. The summed E-state index contributed by atoms with van der Waals surface area (Å²) >= 11 is 0. The molecule has 0 aromatic carbocycles. The molecule has 1 aliphatic heterocycles. The summed E-state index contributed by atoms with van der Waals surface area (Å²) in [7, 11) is 0. The van der Waals surface area contributed by atoms with Crippen molar-refractivity contribution in [3.05, 3.63) is 23.9 Å². The summed E-state index contributed by atoms with van der Waals surface area (Å²) in [6.07, 6.45) is 2.43. The number of carbonyl (C=O) groups excluding carboxylic acids is 1. The Morgan fingerprint density at radius 2 is 2.53 bits per heavy atom. The molecule has 19 heavy (non-hydrogen) atoms. The van der Waals surface area contributed by atoms with Gasteiger partial charge in [0.05, 0.1) is 19.2 Å². The van der Waals surface area contributed by atoms with Crippen molar-refractivity contribution in [3.8, 4) is 11.8 Å². The van der Waals surface area contributed by atoms with Gasteiger partial charge in [-0.05, 0) is 18.6 Å². The monoisotopic (exact) mass is 260 g/mol. The smallest absolute Gasteiger partial charge is 0.320 e. The predicted molar refractivity (Wildman–Crippen MR) is 71.5 cm³/mol. The molecule has 2 amide bonds. The van der Waals surface area contributed by atoms with E-state index in [-0.39, 0.29) is 12.1 Å². The Balaban J connectivity index is 1.92. The van der Waals surface area contributed by atoms with Crippen molar-refractivity contribution in [1.82, 2.24) is 10.3 Å². The van der Waals surface area contributed by atoms with E-state index >= 15 is 0 Å². The third-order valence-electron chi connectivity index (χ3n) is 2.60. The zero-order chi connectivity index (χ0) is 13.5. The van der Waals surface area contributed by atoms with Gasteiger partial charge in [0.1, 0.15) is 5.82 Å². The van der Waals surface area contributed by atoms with Gasteiger partial charge in [-0.2, -0.15) is 0 Å². The van der Waals surface area contributed by atoms with Crippen LogP contribution in [0.4, 0.5) is 10.6 Å². The van der Waals surface area contributed by atoms with E-state index in [2.05, 4.69) is 27.5 Å². The maximum Gasteiger partial charge on any atom is 0.320 e. The van der Waals surface area contributed by atoms with Crippen LogP contribution in [-0.4, -0.2) is 36.8 Å². The Kier molecular flexibility index (Phi) is 4.72. The van der Waals surface area contributed by atoms with Gasteiger partial charge in [0.2, 0.25) is 0 Å². The van der Waals surface area contributed by atoms with E-state index in [0.717, 1.165) is 12.0 Å². The van der Waals surface area contributed by atoms with Crippen LogP contribution < -0.4 is 16.4 Å². The third kappa shape index (κ3) is 4.25. The van der Waals surface area contributed by atoms with E-state index in [1.165, 1.54) is 0 Å². The van der Waals surface area contributed by atoms with Crippen molar-refractivity contribution in [2.24, 2.45) is 5.73 Å². The van der Waals surface area contributed by atoms with Crippen LogP contribution in [0, 0.1) is 11.8 Å². The fourth-order valence-electron chi connectivity index (χ4n) is 1.72. The fraction of sp³-hybridized carbons (Fsp3) is 0.385. The molecule has 1 aromatic heterocycles. The SMILES string of the molecule is NCC#Cc1ccnc(NC(=O)NC2CCOC2)c1. The van der Waals surface area contributed by atoms with Gasteiger partial charge in [-0.3, -0.25) is 5.32 Å². The van der Waals surface area contributed by atoms with Gasteiger partial charge in [-0.25, -0.2) is 9.78 Å². The Morgan fingerprint density at radius 3 is 3.26 bits per heavy atom. The first kappa shape index (κ1) is 13.3. The Hall–Kier alpha value is -2.10. The molecule has 4 N–H and O–H groups in total. The molecule has 2 heterocycles. The molecule has 0 radical (unpaired) electrons. The lowest BCUT2D eigenvalue weighted by atomic mass is 10.2. The van der Waals surface area contributed by atoms with Crippen molar-refractivity contribution in [2.75, 3.05) is 25.1 Å². The van der Waals surface area contributed by atoms with Crippen LogP contribution in [0.15, 0.2) is 18.3 Å². The summed E-state index contributed by atoms with van der Waals surface area (Å²) in [4.78, 5) is 15.8. The van der Waals surface area contributed by atoms with Crippen LogP contribution in [0.5, 0.6) is 0 Å². The number of aromatic nitrogens is 1. The zero-order valence-corrected chi connectivity index (χ0v) is 10.5. The van der Waals surface area contributed by atoms with Crippen molar-refractivity contribution in [1.29, 1.82) is 0 Å². The van der Waals surface area contributed by atoms with Gasteiger partial charge in [-0.15, -0.1) is 0 Å². The van der Waals surface area contributed by atoms with Crippen LogP contribution in [0.25, 0.3) is 0 Å². The summed E-state index contributed by atoms with van der Waals surface area (Å²) in [6.45, 7) is 1.55. The number of pyridine rings is 1. The number of hydrogen-bond donors (Lipinski definition) is 3. The summed E-state index contributed by atoms with van der Waals surface area (Å²) in [5, 5.41) is 5.49. The van der Waals surface area contributed by atoms with Gasteiger partial charge >= 0.3 is 6.03 Å². The molecule has 6 heteroatoms. The number of anilines is 1. The molecule has 1 fully saturated rings. The average molecular weight is 260 g/mol. The standard InChI is InChI=1S/C13H16N4O2/c14-5-1-2-10-3-6-15-12(8-10)17-13(18)16-11-4-7-19-9-11/h3,6,8,11H,4-5,7,9,14H2,(H2,15,16,17,18). The molecule has 1 unspecified atom stereocenters. The van der Waals surface area contributed by atoms with Crippen molar-refractivity contribution < 1.29 is 9.53 Å². The minimum Gasteiger partial charge on any atom is -0.379 e. The molecule has 100 valence electrons. The van der Waals surface area contributed by atoms with Crippen molar-refractivity contribution >= 4 is 11.8 Å². The summed E-state index contributed by atoms with van der Waals surface area (Å²) < 4.78 is 5.18. The Morgan fingerprint density at radius 1 is 1.63 bits per heavy atom. The molecule has 1 aromatic rings. The van der Waals surface area contributed by atoms with Crippen molar-refractivity contribution in [3.63, 3.8) is 0 Å². The summed E-state index contributed by atoms with van der Waals surface area (Å²) in [6, 6.07) is 3.25. The normalized spacial score (nSPS) is 17.4. The number of nitrogens with one attached hydrogen (secondary N) is 2. The number of rotatable bonds is 2. The highest BCUT2D eigenvalue weighted by Crippen LogP contribution is 2.07. The van der Waals surface area contributed by atoms with E-state index in [0.29, 0.717) is 25.6 Å². The second-order valence-corrected chi connectivity index (χ2v) is 4.09. The first-order valence-corrected chi connectivity index (χ1v) is 6.08. The fourth-order valence-corrected chi connectivity index (χ4v) is 1.72. The van der Waals surface area contributed by atoms with Crippen LogP contribution in [0.3, 0.4) is 0 Å². The van der Waals surface area contributed by atoms with Crippen LogP contribution in [0.2, 0.25) is 0 Å². The van der Waals surface area contributed by atoms with Crippen LogP contribution >= 0.6 is 0 Å². The lowest BCUT2D eigenvalue weighted by Crippen LogP contribution is -2.38. The number of hydrogen-bond acceptors (Lipinski definition) is 4. The molecule has 0 saturated carbocycles. The van der Waals surface area contributed by atoms with Crippen molar-refractivity contribution in [2.45, 2.75) is 12.5 Å². The Bertz CT molecular complexity index is 501. The van der Waals surface area contributed by atoms with E-state index in [9.17, 15) is 4.79 Å². The minimum absolute atomic E-state index is 0.0696. The molecule has 0 spiro atoms. The number of amides is 2. The molecular weight excluding hydrogens is 244 g/mol. The maximum atomic E-state index is 11.7. The lowest BCUT2D eigenvalue weighted by molar-refractivity contribution is 0.189. The second-order valence-electron chi connectivity index (χ2n) is 4.09. The zero-order valence-electron chi connectivity index (χ0n) is 10.5. The number of carbonyl (C=O) groups is 1. The van der Waals surface area contributed by atoms with Gasteiger partial charge in [0.15, 0.2) is 0 Å². The molecule has 1 atom stereocenters. The largest absolute Gasteiger partial charge is 0.379 e. The van der Waals surface area contributed by atoms with E-state index in [1.54, 1.807) is 18.3 Å². The van der Waals surface area contributed by atoms with Gasteiger partial charge in [0, 0.05) is 18.4 Å². The van der Waals surface area contributed by atoms with Gasteiger partial charge in [0.25, 0.3) is 0 Å². The number of nitrogens with zero attached hydrogens (tertiary/aromatic N) is 1. The number of ether oxygens (including phenoxy) is 1. The second kappa shape index (κ2) is 6.73. The predicted octanol–water partition coefficient (Wildman–Crippen LogP) is 0.302. The molecule has 0 aliphatic carbocycles. The topological polar surface area (TPSA) is 89.3 Å². The quantitative estimate of drug-likeness (QED) is 0.667. The minimum atomic E-state index is -0.285. The highest BCUT2D eigenvalue weighted by Gasteiger charge is 2.17. The van der Waals surface area contributed by atoms with E-state index < -0.39 is 0 Å². The highest BCUT2D eigenvalue weighted by molar-refractivity contribution is 5.88. The molecule has 0 bridgehead atoms. The van der Waals surface area contributed by atoms with Crippen LogP contribution in [-0.2, 0) is 4.74 Å². The molecular formula is C13H16N4O2. The number of nitrogens with two attached hydrogens (primary N) is 1. The van der Waals surface area contributed by atoms with E-state index in [4.69, 9.17) is 10.5 Å². The van der Waals surface area contributed by atoms with E-state index in [1.807, 2.05) is 0 Å². The van der Waals surface area contributed by atoms with Gasteiger partial charge in [-0.1, -0.05) is 11.8 Å². The third-order valence-corrected chi connectivity index (χ3v) is 2.60. The highest BCUT2D eigenvalue weighted by atomic mass is 16.5. The Labute approximate surface area is 111 Å².